The number of nitrogens with zero attached hydrogens (tertiary/aromatic N) is 8. The molecule has 11 nitrogen and oxygen atoms in total. The number of benzene rings is 2. The van der Waals surface area contributed by atoms with Gasteiger partial charge in [0.25, 0.3) is 0 Å². The first-order valence-corrected chi connectivity index (χ1v) is 15.6. The maximum absolute atomic E-state index is 10.9. The molecule has 2 aromatic carbocycles. The number of hydrogen-bond donors (Lipinski definition) is 2. The number of carbonyl (C=O) groups is 1. The Hall–Kier alpha value is -4.45. The van der Waals surface area contributed by atoms with Gasteiger partial charge in [-0.3, -0.25) is 14.6 Å². The van der Waals surface area contributed by atoms with Crippen molar-refractivity contribution in [3.05, 3.63) is 108 Å². The van der Waals surface area contributed by atoms with E-state index in [4.69, 9.17) is 5.73 Å². The van der Waals surface area contributed by atoms with Gasteiger partial charge in [0.2, 0.25) is 17.8 Å². The first-order chi connectivity index (χ1) is 22.1. The third kappa shape index (κ3) is 10.0. The molecular weight excluding hydrogens is 564 g/mol. The molecule has 0 radical (unpaired) electrons. The zero-order valence-electron chi connectivity index (χ0n) is 26.1. The molecule has 0 bridgehead atoms. The molecule has 1 amide bonds. The Balaban J connectivity index is 0.000000179. The molecule has 4 heterocycles. The van der Waals surface area contributed by atoms with Crippen molar-refractivity contribution in [2.24, 2.45) is 5.73 Å². The SMILES string of the molecule is CC(=O)NCc1ccc(CN2CCN(c3ncccn3)CC2)cc1.NCc1ccc(CN2CCN(c3ncccn3)CC2)cc1. The fraction of sp³-hybridized carbons (Fsp3) is 0.382. The lowest BCUT2D eigenvalue weighted by Crippen LogP contribution is -2.46. The molecule has 4 aromatic rings. The first-order valence-electron chi connectivity index (χ1n) is 15.6. The van der Waals surface area contributed by atoms with Crippen molar-refractivity contribution in [3.8, 4) is 0 Å². The van der Waals surface area contributed by atoms with Crippen LogP contribution in [-0.2, 0) is 31.0 Å². The zero-order chi connectivity index (χ0) is 31.3. The summed E-state index contributed by atoms with van der Waals surface area (Å²) in [4.78, 5) is 37.6. The number of aromatic nitrogens is 4. The number of anilines is 2. The van der Waals surface area contributed by atoms with E-state index in [1.165, 1.54) is 23.6 Å². The van der Waals surface area contributed by atoms with Crippen molar-refractivity contribution in [1.82, 2.24) is 35.1 Å². The van der Waals surface area contributed by atoms with E-state index in [2.05, 4.69) is 93.4 Å². The number of nitrogens with one attached hydrogen (secondary N) is 1. The van der Waals surface area contributed by atoms with Crippen LogP contribution in [0.4, 0.5) is 11.9 Å². The molecule has 2 aromatic heterocycles. The normalized spacial score (nSPS) is 15.7. The smallest absolute Gasteiger partial charge is 0.225 e. The average Bonchev–Trinajstić information content (AvgIpc) is 3.10. The fourth-order valence-electron chi connectivity index (χ4n) is 5.41. The Morgan fingerprint density at radius 2 is 1.00 bits per heavy atom. The van der Waals surface area contributed by atoms with Crippen LogP contribution in [0.2, 0.25) is 0 Å². The van der Waals surface area contributed by atoms with Gasteiger partial charge in [0.15, 0.2) is 0 Å². The monoisotopic (exact) mass is 608 g/mol. The lowest BCUT2D eigenvalue weighted by Gasteiger charge is -2.34. The predicted octanol–water partition coefficient (Wildman–Crippen LogP) is 2.69. The molecule has 45 heavy (non-hydrogen) atoms. The van der Waals surface area contributed by atoms with Crippen LogP contribution in [0.5, 0.6) is 0 Å². The van der Waals surface area contributed by atoms with Gasteiger partial charge in [-0.2, -0.15) is 0 Å². The third-order valence-corrected chi connectivity index (χ3v) is 8.05. The van der Waals surface area contributed by atoms with Crippen LogP contribution < -0.4 is 20.9 Å². The van der Waals surface area contributed by atoms with Crippen LogP contribution >= 0.6 is 0 Å². The standard InChI is InChI=1S/C18H23N5O.C16H21N5/c1-15(24)21-13-16-3-5-17(6-4-16)14-22-9-11-23(12-10-22)18-19-7-2-8-20-18;17-12-14-2-4-15(5-3-14)13-20-8-10-21(11-9-20)16-18-6-1-7-19-16/h2-8H,9-14H2,1H3,(H,21,24);1-7H,8-13,17H2. The van der Waals surface area contributed by atoms with Crippen molar-refractivity contribution in [2.45, 2.75) is 33.1 Å². The highest BCUT2D eigenvalue weighted by Gasteiger charge is 2.19. The van der Waals surface area contributed by atoms with E-state index in [1.807, 2.05) is 12.1 Å². The van der Waals surface area contributed by atoms with Crippen LogP contribution in [0.3, 0.4) is 0 Å². The summed E-state index contributed by atoms with van der Waals surface area (Å²) in [6, 6.07) is 20.7. The molecule has 2 saturated heterocycles. The summed E-state index contributed by atoms with van der Waals surface area (Å²) >= 11 is 0. The Morgan fingerprint density at radius 1 is 0.622 bits per heavy atom. The van der Waals surface area contributed by atoms with Gasteiger partial charge in [0.05, 0.1) is 0 Å². The van der Waals surface area contributed by atoms with E-state index >= 15 is 0 Å². The number of amides is 1. The van der Waals surface area contributed by atoms with Crippen LogP contribution in [0.1, 0.15) is 29.2 Å². The van der Waals surface area contributed by atoms with E-state index in [1.54, 1.807) is 24.8 Å². The largest absolute Gasteiger partial charge is 0.352 e. The lowest BCUT2D eigenvalue weighted by atomic mass is 10.1. The summed E-state index contributed by atoms with van der Waals surface area (Å²) in [5, 5.41) is 2.82. The Kier molecular flexibility index (Phi) is 11.8. The molecule has 11 heteroatoms. The van der Waals surface area contributed by atoms with Gasteiger partial charge >= 0.3 is 0 Å². The minimum atomic E-state index is -0.000608. The van der Waals surface area contributed by atoms with E-state index in [0.717, 1.165) is 82.9 Å². The fourth-order valence-corrected chi connectivity index (χ4v) is 5.41. The quantitative estimate of drug-likeness (QED) is 0.294. The van der Waals surface area contributed by atoms with Crippen LogP contribution in [0, 0.1) is 0 Å². The minimum Gasteiger partial charge on any atom is -0.352 e. The molecule has 6 rings (SSSR count). The third-order valence-electron chi connectivity index (χ3n) is 8.05. The van der Waals surface area contributed by atoms with Gasteiger partial charge in [-0.25, -0.2) is 19.9 Å². The van der Waals surface area contributed by atoms with Gasteiger partial charge in [0.1, 0.15) is 0 Å². The second-order valence-electron chi connectivity index (χ2n) is 11.4. The second-order valence-corrected chi connectivity index (χ2v) is 11.4. The van der Waals surface area contributed by atoms with Crippen molar-refractivity contribution >= 4 is 17.8 Å². The van der Waals surface area contributed by atoms with E-state index < -0.39 is 0 Å². The molecular formula is C34H44N10O. The zero-order valence-corrected chi connectivity index (χ0v) is 26.1. The highest BCUT2D eigenvalue weighted by Crippen LogP contribution is 2.15. The van der Waals surface area contributed by atoms with Crippen LogP contribution in [-0.4, -0.2) is 88.0 Å². The van der Waals surface area contributed by atoms with Gasteiger partial charge in [0, 0.05) is 110 Å². The van der Waals surface area contributed by atoms with Crippen molar-refractivity contribution in [3.63, 3.8) is 0 Å². The van der Waals surface area contributed by atoms with Gasteiger partial charge in [-0.15, -0.1) is 0 Å². The number of rotatable bonds is 9. The van der Waals surface area contributed by atoms with E-state index in [9.17, 15) is 4.79 Å². The molecule has 3 N–H and O–H groups in total. The topological polar surface area (TPSA) is 120 Å². The van der Waals surface area contributed by atoms with Crippen LogP contribution in [0.25, 0.3) is 0 Å². The predicted molar refractivity (Wildman–Crippen MR) is 177 cm³/mol. The highest BCUT2D eigenvalue weighted by molar-refractivity contribution is 5.72. The molecule has 0 spiro atoms. The summed E-state index contributed by atoms with van der Waals surface area (Å²) in [5.74, 6) is 1.66. The summed E-state index contributed by atoms with van der Waals surface area (Å²) < 4.78 is 0. The Bertz CT molecular complexity index is 1420. The van der Waals surface area contributed by atoms with Crippen molar-refractivity contribution in [1.29, 1.82) is 0 Å². The van der Waals surface area contributed by atoms with E-state index in [-0.39, 0.29) is 5.91 Å². The summed E-state index contributed by atoms with van der Waals surface area (Å²) in [7, 11) is 0. The van der Waals surface area contributed by atoms with Crippen molar-refractivity contribution in [2.75, 3.05) is 62.2 Å². The van der Waals surface area contributed by atoms with Gasteiger partial charge in [-0.1, -0.05) is 48.5 Å². The van der Waals surface area contributed by atoms with E-state index in [0.29, 0.717) is 13.1 Å². The molecule has 2 aliphatic rings. The number of nitrogens with two attached hydrogens (primary N) is 1. The summed E-state index contributed by atoms with van der Waals surface area (Å²) in [6.45, 7) is 12.6. The van der Waals surface area contributed by atoms with Crippen LogP contribution in [0.15, 0.2) is 85.5 Å². The molecule has 2 aliphatic heterocycles. The number of piperazine rings is 2. The maximum Gasteiger partial charge on any atom is 0.225 e. The number of hydrogen-bond acceptors (Lipinski definition) is 10. The molecule has 0 unspecified atom stereocenters. The minimum absolute atomic E-state index is 0.000608. The molecule has 2 fully saturated rings. The second kappa shape index (κ2) is 16.6. The molecule has 236 valence electrons. The molecule has 0 aliphatic carbocycles. The molecule has 0 atom stereocenters. The first kappa shape index (κ1) is 32.0. The number of carbonyl (C=O) groups excluding carboxylic acids is 1. The lowest BCUT2D eigenvalue weighted by molar-refractivity contribution is -0.119. The highest BCUT2D eigenvalue weighted by atomic mass is 16.1. The Labute approximate surface area is 266 Å². The summed E-state index contributed by atoms with van der Waals surface area (Å²) in [5.41, 5.74) is 10.6. The average molecular weight is 609 g/mol. The van der Waals surface area contributed by atoms with Gasteiger partial charge < -0.3 is 20.9 Å². The van der Waals surface area contributed by atoms with Gasteiger partial charge in [-0.05, 0) is 34.4 Å². The summed E-state index contributed by atoms with van der Waals surface area (Å²) in [6.07, 6.45) is 7.18. The van der Waals surface area contributed by atoms with Crippen molar-refractivity contribution < 1.29 is 4.79 Å². The maximum atomic E-state index is 10.9. The Morgan fingerprint density at radius 3 is 1.38 bits per heavy atom. The molecule has 0 saturated carbocycles.